The third-order valence-corrected chi connectivity index (χ3v) is 6.40. The summed E-state index contributed by atoms with van der Waals surface area (Å²) in [6.45, 7) is 2.65. The summed E-state index contributed by atoms with van der Waals surface area (Å²) in [4.78, 5) is 12.7. The lowest BCUT2D eigenvalue weighted by Crippen LogP contribution is -2.17. The highest BCUT2D eigenvalue weighted by Gasteiger charge is 2.15. The molecule has 5 aromatic rings. The summed E-state index contributed by atoms with van der Waals surface area (Å²) in [7, 11) is 0. The molecule has 0 spiro atoms. The number of phenolic OH excluding ortho intramolecular Hbond substituents is 1. The van der Waals surface area contributed by atoms with Crippen molar-refractivity contribution < 1.29 is 9.90 Å². The summed E-state index contributed by atoms with van der Waals surface area (Å²) in [5.74, 6) is -0.559. The van der Waals surface area contributed by atoms with Crippen molar-refractivity contribution in [1.82, 2.24) is 9.99 Å². The van der Waals surface area contributed by atoms with Crippen LogP contribution in [0.5, 0.6) is 5.75 Å². The SMILES string of the molecule is Cc1c(C=NNC(=O)c2cc3ccccc3cc2O)c2ccccc2n1Cc1ccccc1Cl. The minimum absolute atomic E-state index is 0.0843. The highest BCUT2D eigenvalue weighted by Crippen LogP contribution is 2.28. The number of benzene rings is 4. The van der Waals surface area contributed by atoms with E-state index in [9.17, 15) is 9.90 Å². The molecule has 0 aliphatic rings. The number of aromatic hydroxyl groups is 1. The van der Waals surface area contributed by atoms with E-state index in [1.54, 1.807) is 18.3 Å². The first-order valence-electron chi connectivity index (χ1n) is 10.9. The Hall–Kier alpha value is -4.09. The Morgan fingerprint density at radius 1 is 1.00 bits per heavy atom. The number of halogens is 1. The fourth-order valence-electron chi connectivity index (χ4n) is 4.25. The predicted octanol–water partition coefficient (Wildman–Crippen LogP) is 6.27. The van der Waals surface area contributed by atoms with Gasteiger partial charge in [0.05, 0.1) is 11.8 Å². The summed E-state index contributed by atoms with van der Waals surface area (Å²) in [6, 6.07) is 26.7. The van der Waals surface area contributed by atoms with Crippen molar-refractivity contribution in [1.29, 1.82) is 0 Å². The zero-order valence-electron chi connectivity index (χ0n) is 18.5. The number of fused-ring (bicyclic) bond motifs is 2. The van der Waals surface area contributed by atoms with Crippen LogP contribution in [0.1, 0.15) is 27.2 Å². The molecule has 0 saturated carbocycles. The maximum Gasteiger partial charge on any atom is 0.275 e. The number of hydrogen-bond donors (Lipinski definition) is 2. The van der Waals surface area contributed by atoms with Crippen molar-refractivity contribution in [2.24, 2.45) is 5.10 Å². The van der Waals surface area contributed by atoms with E-state index in [0.717, 1.165) is 43.5 Å². The van der Waals surface area contributed by atoms with E-state index in [-0.39, 0.29) is 11.3 Å². The van der Waals surface area contributed by atoms with E-state index < -0.39 is 5.91 Å². The van der Waals surface area contributed by atoms with Crippen LogP contribution in [0.15, 0.2) is 90.0 Å². The van der Waals surface area contributed by atoms with Gasteiger partial charge in [-0.3, -0.25) is 4.79 Å². The summed E-state index contributed by atoms with van der Waals surface area (Å²) < 4.78 is 2.19. The van der Waals surface area contributed by atoms with Gasteiger partial charge in [0, 0.05) is 33.7 Å². The molecular weight excluding hydrogens is 446 g/mol. The number of hydrogen-bond acceptors (Lipinski definition) is 3. The Balaban J connectivity index is 1.45. The topological polar surface area (TPSA) is 66.6 Å². The first-order chi connectivity index (χ1) is 16.5. The minimum atomic E-state index is -0.475. The van der Waals surface area contributed by atoms with E-state index >= 15 is 0 Å². The quantitative estimate of drug-likeness (QED) is 0.236. The number of para-hydroxylation sites is 1. The fourth-order valence-corrected chi connectivity index (χ4v) is 4.44. The Morgan fingerprint density at radius 3 is 2.47 bits per heavy atom. The highest BCUT2D eigenvalue weighted by atomic mass is 35.5. The number of carbonyl (C=O) groups excluding carboxylic acids is 1. The molecule has 0 saturated heterocycles. The lowest BCUT2D eigenvalue weighted by atomic mass is 10.1. The third-order valence-electron chi connectivity index (χ3n) is 6.03. The van der Waals surface area contributed by atoms with Crippen LogP contribution in [0.2, 0.25) is 5.02 Å². The molecule has 0 atom stereocenters. The van der Waals surface area contributed by atoms with Crippen LogP contribution in [0, 0.1) is 6.92 Å². The number of rotatable bonds is 5. The molecule has 0 aliphatic heterocycles. The normalized spacial score (nSPS) is 11.5. The van der Waals surface area contributed by atoms with Crippen LogP contribution in [-0.4, -0.2) is 21.8 Å². The van der Waals surface area contributed by atoms with E-state index in [1.807, 2.05) is 73.7 Å². The van der Waals surface area contributed by atoms with Gasteiger partial charge < -0.3 is 9.67 Å². The molecule has 6 heteroatoms. The van der Waals surface area contributed by atoms with Gasteiger partial charge in [0.2, 0.25) is 0 Å². The second-order valence-electron chi connectivity index (χ2n) is 8.11. The van der Waals surface area contributed by atoms with Crippen LogP contribution in [0.4, 0.5) is 0 Å². The van der Waals surface area contributed by atoms with E-state index in [2.05, 4.69) is 21.2 Å². The summed E-state index contributed by atoms with van der Waals surface area (Å²) in [6.07, 6.45) is 1.65. The highest BCUT2D eigenvalue weighted by molar-refractivity contribution is 6.31. The molecule has 5 nitrogen and oxygen atoms in total. The first kappa shape index (κ1) is 21.7. The van der Waals surface area contributed by atoms with E-state index in [0.29, 0.717) is 6.54 Å². The van der Waals surface area contributed by atoms with Crippen molar-refractivity contribution in [3.63, 3.8) is 0 Å². The zero-order chi connectivity index (χ0) is 23.7. The summed E-state index contributed by atoms with van der Waals surface area (Å²) >= 11 is 6.40. The molecule has 0 fully saturated rings. The second-order valence-corrected chi connectivity index (χ2v) is 8.52. The molecule has 0 bridgehead atoms. The van der Waals surface area contributed by atoms with Gasteiger partial charge in [-0.15, -0.1) is 0 Å². The van der Waals surface area contributed by atoms with E-state index in [1.165, 1.54) is 0 Å². The number of carbonyl (C=O) groups is 1. The maximum absolute atomic E-state index is 12.7. The number of hydrazone groups is 1. The molecule has 2 N–H and O–H groups in total. The number of aromatic nitrogens is 1. The molecule has 0 radical (unpaired) electrons. The monoisotopic (exact) mass is 467 g/mol. The Morgan fingerprint density at radius 2 is 1.68 bits per heavy atom. The van der Waals surface area contributed by atoms with Crippen LogP contribution >= 0.6 is 11.6 Å². The third kappa shape index (κ3) is 4.02. The molecule has 0 aliphatic carbocycles. The Labute approximate surface area is 201 Å². The number of phenols is 1. The second kappa shape index (κ2) is 9.04. The van der Waals surface area contributed by atoms with Gasteiger partial charge in [-0.05, 0) is 47.5 Å². The molecular formula is C28H22ClN3O2. The molecule has 168 valence electrons. The van der Waals surface area contributed by atoms with Crippen molar-refractivity contribution in [2.75, 3.05) is 0 Å². The smallest absolute Gasteiger partial charge is 0.275 e. The Kier molecular flexibility index (Phi) is 5.78. The van der Waals surface area contributed by atoms with Gasteiger partial charge in [-0.1, -0.05) is 72.3 Å². The zero-order valence-corrected chi connectivity index (χ0v) is 19.3. The van der Waals surface area contributed by atoms with Crippen molar-refractivity contribution in [2.45, 2.75) is 13.5 Å². The molecule has 4 aromatic carbocycles. The van der Waals surface area contributed by atoms with Gasteiger partial charge in [0.15, 0.2) is 0 Å². The van der Waals surface area contributed by atoms with Gasteiger partial charge in [-0.2, -0.15) is 5.10 Å². The molecule has 34 heavy (non-hydrogen) atoms. The Bertz CT molecular complexity index is 1570. The number of nitrogens with one attached hydrogen (secondary N) is 1. The molecule has 1 heterocycles. The van der Waals surface area contributed by atoms with Crippen molar-refractivity contribution >= 4 is 45.4 Å². The maximum atomic E-state index is 12.7. The number of amides is 1. The molecule has 1 aromatic heterocycles. The minimum Gasteiger partial charge on any atom is -0.507 e. The van der Waals surface area contributed by atoms with Crippen LogP contribution in [-0.2, 0) is 6.54 Å². The first-order valence-corrected chi connectivity index (χ1v) is 11.3. The largest absolute Gasteiger partial charge is 0.507 e. The number of nitrogens with zero attached hydrogens (tertiary/aromatic N) is 2. The average molecular weight is 468 g/mol. The van der Waals surface area contributed by atoms with Crippen LogP contribution < -0.4 is 5.43 Å². The molecule has 0 unspecified atom stereocenters. The molecule has 1 amide bonds. The molecule has 5 rings (SSSR count). The lowest BCUT2D eigenvalue weighted by Gasteiger charge is -2.10. The van der Waals surface area contributed by atoms with Crippen LogP contribution in [0.3, 0.4) is 0 Å². The van der Waals surface area contributed by atoms with Crippen molar-refractivity contribution in [3.8, 4) is 5.75 Å². The van der Waals surface area contributed by atoms with Crippen molar-refractivity contribution in [3.05, 3.63) is 112 Å². The summed E-state index contributed by atoms with van der Waals surface area (Å²) in [5, 5.41) is 18.0. The van der Waals surface area contributed by atoms with Gasteiger partial charge in [0.1, 0.15) is 5.75 Å². The van der Waals surface area contributed by atoms with Gasteiger partial charge >= 0.3 is 0 Å². The summed E-state index contributed by atoms with van der Waals surface area (Å²) in [5.41, 5.74) is 6.72. The standard InChI is InChI=1S/C28H22ClN3O2/c1-18-24(16-30-31-28(34)23-14-19-8-2-3-9-20(19)15-27(23)33)22-11-5-7-13-26(22)32(18)17-21-10-4-6-12-25(21)29/h2-16,33H,17H2,1H3,(H,31,34). The van der Waals surface area contributed by atoms with Crippen LogP contribution in [0.25, 0.3) is 21.7 Å². The predicted molar refractivity (Wildman–Crippen MR) is 138 cm³/mol. The average Bonchev–Trinajstić information content (AvgIpc) is 3.11. The fraction of sp³-hybridized carbons (Fsp3) is 0.0714. The van der Waals surface area contributed by atoms with E-state index in [4.69, 9.17) is 11.6 Å². The van der Waals surface area contributed by atoms with Gasteiger partial charge in [0.25, 0.3) is 5.91 Å². The van der Waals surface area contributed by atoms with Gasteiger partial charge in [-0.25, -0.2) is 5.43 Å². The lowest BCUT2D eigenvalue weighted by molar-refractivity contribution is 0.0952.